The van der Waals surface area contributed by atoms with Crippen LogP contribution in [0.4, 0.5) is 19.1 Å². The van der Waals surface area contributed by atoms with Crippen molar-refractivity contribution in [3.05, 3.63) is 11.9 Å². The molecule has 0 atom stereocenters. The van der Waals surface area contributed by atoms with Gasteiger partial charge >= 0.3 is 6.18 Å². The fraction of sp³-hybridized carbons (Fsp3) is 0.769. The van der Waals surface area contributed by atoms with E-state index >= 15 is 0 Å². The Hall–Kier alpha value is -1.20. The Morgan fingerprint density at radius 2 is 2.00 bits per heavy atom. The van der Waals surface area contributed by atoms with Crippen LogP contribution in [-0.2, 0) is 0 Å². The topological polar surface area (TPSA) is 29.9 Å². The van der Waals surface area contributed by atoms with Crippen LogP contribution in [0.15, 0.2) is 6.20 Å². The molecular formula is C13H20F3N3. The Bertz CT molecular complexity index is 406. The van der Waals surface area contributed by atoms with Gasteiger partial charge in [0.25, 0.3) is 0 Å². The van der Waals surface area contributed by atoms with Crippen molar-refractivity contribution >= 4 is 5.95 Å². The summed E-state index contributed by atoms with van der Waals surface area (Å²) in [6, 6.07) is 0.378. The van der Waals surface area contributed by atoms with Crippen molar-refractivity contribution in [3.63, 3.8) is 0 Å². The van der Waals surface area contributed by atoms with Gasteiger partial charge in [-0.1, -0.05) is 19.3 Å². The van der Waals surface area contributed by atoms with Crippen molar-refractivity contribution in [3.8, 4) is 0 Å². The van der Waals surface area contributed by atoms with Gasteiger partial charge in [-0.2, -0.15) is 13.2 Å². The second kappa shape index (κ2) is 5.84. The average Bonchev–Trinajstić information content (AvgIpc) is 2.70. The van der Waals surface area contributed by atoms with E-state index in [0.29, 0.717) is 12.0 Å². The number of hydrogen-bond acceptors (Lipinski definition) is 2. The number of hydrogen-bond donors (Lipinski definition) is 1. The molecule has 1 aliphatic carbocycles. The Labute approximate surface area is 111 Å². The third kappa shape index (κ3) is 4.14. The van der Waals surface area contributed by atoms with Crippen molar-refractivity contribution in [1.29, 1.82) is 0 Å². The van der Waals surface area contributed by atoms with Crippen LogP contribution in [0.25, 0.3) is 0 Å². The molecule has 0 bridgehead atoms. The molecule has 0 amide bonds. The zero-order chi connectivity index (χ0) is 13.9. The summed E-state index contributed by atoms with van der Waals surface area (Å²) < 4.78 is 38.5. The van der Waals surface area contributed by atoms with Gasteiger partial charge in [-0.25, -0.2) is 4.98 Å². The van der Waals surface area contributed by atoms with E-state index in [1.165, 1.54) is 19.3 Å². The molecule has 1 heterocycles. The highest BCUT2D eigenvalue weighted by Crippen LogP contribution is 2.31. The monoisotopic (exact) mass is 275 g/mol. The van der Waals surface area contributed by atoms with Gasteiger partial charge in [-0.3, -0.25) is 0 Å². The second-order valence-corrected chi connectivity index (χ2v) is 5.20. The standard InChI is InChI=1S/C13H20F3N3/c1-10-9-19(11-5-3-2-4-6-11)12(18-10)17-8-7-13(14,15)16/h9,11H,2-8H2,1H3,(H,17,18). The quantitative estimate of drug-likeness (QED) is 0.898. The molecule has 0 aliphatic heterocycles. The summed E-state index contributed by atoms with van der Waals surface area (Å²) in [4.78, 5) is 4.29. The van der Waals surface area contributed by atoms with Crippen LogP contribution in [0.5, 0.6) is 0 Å². The van der Waals surface area contributed by atoms with Gasteiger partial charge in [0.1, 0.15) is 0 Å². The van der Waals surface area contributed by atoms with Crippen molar-refractivity contribution in [1.82, 2.24) is 9.55 Å². The molecule has 0 aromatic carbocycles. The first-order valence-corrected chi connectivity index (χ1v) is 6.82. The lowest BCUT2D eigenvalue weighted by Crippen LogP contribution is -2.19. The fourth-order valence-electron chi connectivity index (χ4n) is 2.60. The summed E-state index contributed by atoms with van der Waals surface area (Å²) >= 11 is 0. The molecule has 1 aliphatic rings. The number of imidazole rings is 1. The van der Waals surface area contributed by atoms with Crippen LogP contribution < -0.4 is 5.32 Å². The first-order chi connectivity index (χ1) is 8.96. The van der Waals surface area contributed by atoms with E-state index < -0.39 is 12.6 Å². The fourth-order valence-corrected chi connectivity index (χ4v) is 2.60. The molecule has 108 valence electrons. The molecule has 0 unspecified atom stereocenters. The molecule has 0 saturated heterocycles. The summed E-state index contributed by atoms with van der Waals surface area (Å²) in [5.74, 6) is 0.577. The highest BCUT2D eigenvalue weighted by atomic mass is 19.4. The predicted octanol–water partition coefficient (Wildman–Crippen LogP) is 4.06. The Balaban J connectivity index is 1.99. The maximum Gasteiger partial charge on any atom is 0.390 e. The van der Waals surface area contributed by atoms with Crippen LogP contribution >= 0.6 is 0 Å². The molecule has 1 aromatic rings. The van der Waals surface area contributed by atoms with E-state index in [1.54, 1.807) is 0 Å². The van der Waals surface area contributed by atoms with Crippen molar-refractivity contribution in [2.24, 2.45) is 0 Å². The van der Waals surface area contributed by atoms with E-state index in [-0.39, 0.29) is 6.54 Å². The van der Waals surface area contributed by atoms with Crippen molar-refractivity contribution < 1.29 is 13.2 Å². The minimum Gasteiger partial charge on any atom is -0.355 e. The molecule has 1 aromatic heterocycles. The largest absolute Gasteiger partial charge is 0.390 e. The molecule has 1 fully saturated rings. The Kier molecular flexibility index (Phi) is 4.37. The SMILES string of the molecule is Cc1cn(C2CCCCC2)c(NCCC(F)(F)F)n1. The normalized spacial score (nSPS) is 17.7. The van der Waals surface area contributed by atoms with Gasteiger partial charge in [0.15, 0.2) is 0 Å². The molecule has 1 saturated carbocycles. The lowest BCUT2D eigenvalue weighted by molar-refractivity contribution is -0.131. The van der Waals surface area contributed by atoms with Gasteiger partial charge in [0.05, 0.1) is 12.1 Å². The average molecular weight is 275 g/mol. The molecule has 1 N–H and O–H groups in total. The van der Waals surface area contributed by atoms with Gasteiger partial charge < -0.3 is 9.88 Å². The third-order valence-electron chi connectivity index (χ3n) is 3.51. The van der Waals surface area contributed by atoms with E-state index in [2.05, 4.69) is 10.3 Å². The maximum atomic E-state index is 12.2. The number of nitrogens with zero attached hydrogens (tertiary/aromatic N) is 2. The second-order valence-electron chi connectivity index (χ2n) is 5.20. The summed E-state index contributed by atoms with van der Waals surface area (Å²) in [5, 5.41) is 2.82. The predicted molar refractivity (Wildman–Crippen MR) is 68.2 cm³/mol. The Morgan fingerprint density at radius 1 is 1.32 bits per heavy atom. The molecular weight excluding hydrogens is 255 g/mol. The molecule has 2 rings (SSSR count). The Morgan fingerprint density at radius 3 is 2.63 bits per heavy atom. The van der Waals surface area contributed by atoms with Crippen molar-refractivity contribution in [2.45, 2.75) is 57.7 Å². The first kappa shape index (κ1) is 14.2. The number of alkyl halides is 3. The number of nitrogens with one attached hydrogen (secondary N) is 1. The zero-order valence-electron chi connectivity index (χ0n) is 11.1. The lowest BCUT2D eigenvalue weighted by Gasteiger charge is -2.24. The summed E-state index contributed by atoms with van der Waals surface area (Å²) in [6.07, 6.45) is 2.78. The number of halogens is 3. The highest BCUT2D eigenvalue weighted by Gasteiger charge is 2.27. The number of anilines is 1. The summed E-state index contributed by atoms with van der Waals surface area (Å²) in [7, 11) is 0. The number of rotatable bonds is 4. The summed E-state index contributed by atoms with van der Waals surface area (Å²) in [6.45, 7) is 1.75. The van der Waals surface area contributed by atoms with Crippen molar-refractivity contribution in [2.75, 3.05) is 11.9 Å². The van der Waals surface area contributed by atoms with E-state index in [1.807, 2.05) is 17.7 Å². The third-order valence-corrected chi connectivity index (χ3v) is 3.51. The van der Waals surface area contributed by atoms with Crippen LogP contribution in [0, 0.1) is 6.92 Å². The van der Waals surface area contributed by atoms with E-state index in [9.17, 15) is 13.2 Å². The smallest absolute Gasteiger partial charge is 0.355 e. The van der Waals surface area contributed by atoms with Crippen LogP contribution in [-0.4, -0.2) is 22.3 Å². The van der Waals surface area contributed by atoms with Crippen LogP contribution in [0.1, 0.15) is 50.3 Å². The van der Waals surface area contributed by atoms with Gasteiger partial charge in [-0.15, -0.1) is 0 Å². The van der Waals surface area contributed by atoms with Gasteiger partial charge in [-0.05, 0) is 19.8 Å². The lowest BCUT2D eigenvalue weighted by atomic mass is 9.95. The molecule has 19 heavy (non-hydrogen) atoms. The number of aryl methyl sites for hydroxylation is 1. The van der Waals surface area contributed by atoms with Crippen LogP contribution in [0.3, 0.4) is 0 Å². The number of aromatic nitrogens is 2. The van der Waals surface area contributed by atoms with E-state index in [0.717, 1.165) is 18.5 Å². The zero-order valence-corrected chi connectivity index (χ0v) is 11.1. The molecule has 3 nitrogen and oxygen atoms in total. The van der Waals surface area contributed by atoms with Gasteiger partial charge in [0, 0.05) is 18.8 Å². The molecule has 0 radical (unpaired) electrons. The first-order valence-electron chi connectivity index (χ1n) is 6.82. The van der Waals surface area contributed by atoms with Gasteiger partial charge in [0.2, 0.25) is 5.95 Å². The minimum absolute atomic E-state index is 0.118. The maximum absolute atomic E-state index is 12.2. The van der Waals surface area contributed by atoms with E-state index in [4.69, 9.17) is 0 Å². The molecule has 6 heteroatoms. The molecule has 0 spiro atoms. The minimum atomic E-state index is -4.12. The van der Waals surface area contributed by atoms with Crippen LogP contribution in [0.2, 0.25) is 0 Å². The summed E-state index contributed by atoms with van der Waals surface area (Å²) in [5.41, 5.74) is 0.847. The highest BCUT2D eigenvalue weighted by molar-refractivity contribution is 5.29.